The van der Waals surface area contributed by atoms with E-state index in [0.717, 1.165) is 0 Å². The van der Waals surface area contributed by atoms with Gasteiger partial charge in [0.15, 0.2) is 0 Å². The molecule has 3 N–H and O–H groups in total. The molecule has 0 aliphatic rings. The first kappa shape index (κ1) is 17.5. The second-order valence-electron chi connectivity index (χ2n) is 4.10. The molecule has 0 aliphatic heterocycles. The van der Waals surface area contributed by atoms with Gasteiger partial charge in [0.2, 0.25) is 4.90 Å². The van der Waals surface area contributed by atoms with Crippen LogP contribution in [0.4, 0.5) is 5.69 Å². The Labute approximate surface area is 131 Å². The molecule has 2 aromatic carbocycles. The van der Waals surface area contributed by atoms with E-state index in [1.807, 2.05) is 30.3 Å². The zero-order valence-electron chi connectivity index (χ0n) is 11.2. The molecule has 2 rings (SSSR count). The second kappa shape index (κ2) is 7.99. The smallest absolute Gasteiger partial charge is 0.368 e. The predicted octanol–water partition coefficient (Wildman–Crippen LogP) is -0.940. The van der Waals surface area contributed by atoms with Crippen LogP contribution in [0.3, 0.4) is 0 Å². The number of halogens is 1. The lowest BCUT2D eigenvalue weighted by atomic mass is 10.3. The number of sulfonamides is 1. The van der Waals surface area contributed by atoms with Crippen molar-refractivity contribution in [2.75, 3.05) is 18.9 Å². The molecule has 0 aromatic heterocycles. The Morgan fingerprint density at radius 3 is 2.33 bits per heavy atom. The van der Waals surface area contributed by atoms with Crippen LogP contribution in [0.15, 0.2) is 59.5 Å². The summed E-state index contributed by atoms with van der Waals surface area (Å²) in [6.45, 7) is 0.418. The Kier molecular flexibility index (Phi) is 6.64. The number of hydrogen-bond acceptors (Lipinski definition) is 3. The quantitative estimate of drug-likeness (QED) is 0.408. The lowest BCUT2D eigenvalue weighted by molar-refractivity contribution is -0.00000801. The van der Waals surface area contributed by atoms with Gasteiger partial charge in [-0.15, -0.1) is 0 Å². The van der Waals surface area contributed by atoms with Crippen LogP contribution in [0.1, 0.15) is 0 Å². The molecule has 0 heterocycles. The van der Waals surface area contributed by atoms with Crippen molar-refractivity contribution < 1.29 is 25.9 Å². The summed E-state index contributed by atoms with van der Waals surface area (Å²) in [6, 6.07) is 15.5. The molecule has 2 aromatic rings. The summed E-state index contributed by atoms with van der Waals surface area (Å²) in [5.41, 5.74) is 5.88. The standard InChI is InChI=1S/C14H16N2O3S.ClH/c15-13-8-4-5-9-14(13)20(17,18)16-10-11-19-12-6-2-1-3-7-12;/h1-9H,10-11,15H2,(H,16,17);1H/q+1;/p-1. The zero-order valence-corrected chi connectivity index (χ0v) is 12.8. The van der Waals surface area contributed by atoms with E-state index in [4.69, 9.17) is 10.5 Å². The van der Waals surface area contributed by atoms with Gasteiger partial charge in [0.1, 0.15) is 12.4 Å². The summed E-state index contributed by atoms with van der Waals surface area (Å²) >= 11 is 0. The summed E-state index contributed by atoms with van der Waals surface area (Å²) < 4.78 is 31.9. The molecule has 7 heteroatoms. The van der Waals surface area contributed by atoms with Gasteiger partial charge in [0, 0.05) is 6.07 Å². The highest BCUT2D eigenvalue weighted by atomic mass is 35.5. The molecule has 0 fully saturated rings. The van der Waals surface area contributed by atoms with Gasteiger partial charge in [0.05, 0.1) is 16.8 Å². The number of nitrogen functional groups attached to an aromatic ring is 1. The first-order valence-corrected chi connectivity index (χ1v) is 7.60. The largest absolute Gasteiger partial charge is 1.00 e. The highest BCUT2D eigenvalue weighted by Crippen LogP contribution is 2.21. The maximum Gasteiger partial charge on any atom is 0.368 e. The van der Waals surface area contributed by atoms with Crippen LogP contribution in [0.25, 0.3) is 0 Å². The summed E-state index contributed by atoms with van der Waals surface area (Å²) in [5, 5.41) is 0. The average molecular weight is 328 g/mol. The molecule has 0 saturated heterocycles. The molecule has 0 bridgehead atoms. The molecule has 0 spiro atoms. The molecule has 1 radical (unpaired) electrons. The monoisotopic (exact) mass is 327 g/mol. The number of nitrogens with one attached hydrogen (secondary N) is 1. The minimum absolute atomic E-state index is 0. The molecule has 1 atom stereocenters. The van der Waals surface area contributed by atoms with Gasteiger partial charge >= 0.3 is 10.4 Å². The fraction of sp³-hybridized carbons (Fsp3) is 0.143. The van der Waals surface area contributed by atoms with Crippen molar-refractivity contribution in [3.63, 3.8) is 0 Å². The van der Waals surface area contributed by atoms with E-state index >= 15 is 0 Å². The SMILES string of the molecule is Nc1ccccc1[S+]([O])(=O)NCCOc1ccccc1.[Cl-]. The van der Waals surface area contributed by atoms with E-state index in [9.17, 15) is 8.76 Å². The van der Waals surface area contributed by atoms with Gasteiger partial charge in [-0.2, -0.15) is 0 Å². The third-order valence-electron chi connectivity index (χ3n) is 2.61. The van der Waals surface area contributed by atoms with Crippen LogP contribution in [-0.2, 0) is 19.2 Å². The van der Waals surface area contributed by atoms with Gasteiger partial charge in [-0.25, -0.2) is 0 Å². The molecule has 113 valence electrons. The van der Waals surface area contributed by atoms with Gasteiger partial charge in [0.25, 0.3) is 0 Å². The highest BCUT2D eigenvalue weighted by molar-refractivity contribution is 7.95. The highest BCUT2D eigenvalue weighted by Gasteiger charge is 2.34. The number of para-hydroxylation sites is 2. The van der Waals surface area contributed by atoms with Gasteiger partial charge in [-0.05, 0) is 22.4 Å². The number of hydrogen-bond donors (Lipinski definition) is 2. The number of ether oxygens (including phenoxy) is 1. The maximum atomic E-state index is 12.0. The molecule has 5 nitrogen and oxygen atoms in total. The normalized spacial score (nSPS) is 13.0. The Balaban J connectivity index is 0.00000220. The first-order valence-electron chi connectivity index (χ1n) is 6.11. The van der Waals surface area contributed by atoms with Gasteiger partial charge in [-0.1, -0.05) is 35.1 Å². The molecule has 0 aliphatic carbocycles. The summed E-state index contributed by atoms with van der Waals surface area (Å²) in [4.78, 5) is 0.0831. The van der Waals surface area contributed by atoms with Crippen LogP contribution < -0.4 is 27.6 Å². The summed E-state index contributed by atoms with van der Waals surface area (Å²) in [6.07, 6.45) is 0. The lowest BCUT2D eigenvalue weighted by Crippen LogP contribution is -3.00. The maximum absolute atomic E-state index is 12.0. The van der Waals surface area contributed by atoms with Crippen molar-refractivity contribution in [3.8, 4) is 5.75 Å². The molecular formula is C14H16ClN2O3S. The Morgan fingerprint density at radius 1 is 1.05 bits per heavy atom. The van der Waals surface area contributed by atoms with Gasteiger partial charge < -0.3 is 22.9 Å². The summed E-state index contributed by atoms with van der Waals surface area (Å²) in [5.74, 6) is 0.700. The van der Waals surface area contributed by atoms with Crippen LogP contribution in [-0.4, -0.2) is 13.2 Å². The fourth-order valence-corrected chi connectivity index (χ4v) is 2.81. The lowest BCUT2D eigenvalue weighted by Gasteiger charge is -2.07. The number of rotatable bonds is 6. The van der Waals surface area contributed by atoms with E-state index < -0.39 is 10.4 Å². The Hall–Kier alpha value is -1.60. The molecular weight excluding hydrogens is 312 g/mol. The number of nitrogens with two attached hydrogens (primary N) is 1. The van der Waals surface area contributed by atoms with Crippen LogP contribution >= 0.6 is 0 Å². The van der Waals surface area contributed by atoms with E-state index in [1.165, 1.54) is 6.07 Å². The molecule has 1 unspecified atom stereocenters. The van der Waals surface area contributed by atoms with Crippen molar-refractivity contribution in [1.82, 2.24) is 4.72 Å². The van der Waals surface area contributed by atoms with Crippen LogP contribution in [0, 0.1) is 0 Å². The minimum Gasteiger partial charge on any atom is -1.00 e. The van der Waals surface area contributed by atoms with Crippen LogP contribution in [0.2, 0.25) is 0 Å². The second-order valence-corrected chi connectivity index (χ2v) is 5.83. The Morgan fingerprint density at radius 2 is 1.67 bits per heavy atom. The molecule has 0 saturated carbocycles. The van der Waals surface area contributed by atoms with Crippen molar-refractivity contribution in [1.29, 1.82) is 0 Å². The predicted molar refractivity (Wildman–Crippen MR) is 77.8 cm³/mol. The minimum atomic E-state index is -3.60. The molecule has 21 heavy (non-hydrogen) atoms. The van der Waals surface area contributed by atoms with E-state index in [2.05, 4.69) is 4.72 Å². The Bertz CT molecular complexity index is 610. The number of benzene rings is 2. The third-order valence-corrected chi connectivity index (χ3v) is 4.15. The van der Waals surface area contributed by atoms with Crippen molar-refractivity contribution in [2.45, 2.75) is 4.90 Å². The van der Waals surface area contributed by atoms with Crippen molar-refractivity contribution in [3.05, 3.63) is 54.6 Å². The fourth-order valence-electron chi connectivity index (χ4n) is 1.66. The topological polar surface area (TPSA) is 84.2 Å². The third kappa shape index (κ3) is 5.02. The van der Waals surface area contributed by atoms with E-state index in [1.54, 1.807) is 18.2 Å². The van der Waals surface area contributed by atoms with Crippen LogP contribution in [0.5, 0.6) is 5.75 Å². The molecule has 0 amide bonds. The summed E-state index contributed by atoms with van der Waals surface area (Å²) in [7, 11) is -3.60. The van der Waals surface area contributed by atoms with Crippen molar-refractivity contribution >= 4 is 16.1 Å². The van der Waals surface area contributed by atoms with Crippen molar-refractivity contribution in [2.24, 2.45) is 0 Å². The van der Waals surface area contributed by atoms with E-state index in [-0.39, 0.29) is 36.1 Å². The van der Waals surface area contributed by atoms with E-state index in [0.29, 0.717) is 5.75 Å². The zero-order chi connectivity index (χ0) is 14.4. The first-order chi connectivity index (χ1) is 9.59. The average Bonchev–Trinajstić information content (AvgIpc) is 2.45. The number of anilines is 1. The van der Waals surface area contributed by atoms with Gasteiger partial charge in [-0.3, -0.25) is 0 Å².